The number of benzene rings is 5. The van der Waals surface area contributed by atoms with Crippen LogP contribution in [0.4, 0.5) is 5.69 Å². The van der Waals surface area contributed by atoms with Gasteiger partial charge in [-0.1, -0.05) is 109 Å². The second-order valence-corrected chi connectivity index (χ2v) is 13.0. The number of ether oxygens (including phenoxy) is 1. The van der Waals surface area contributed by atoms with Gasteiger partial charge in [-0.15, -0.1) is 0 Å². The van der Waals surface area contributed by atoms with Crippen LogP contribution in [0, 0.1) is 18.3 Å². The fourth-order valence-corrected chi connectivity index (χ4v) is 8.36. The van der Waals surface area contributed by atoms with Crippen molar-refractivity contribution >= 4 is 46.9 Å². The lowest BCUT2D eigenvalue weighted by Gasteiger charge is -2.27. The summed E-state index contributed by atoms with van der Waals surface area (Å²) in [6.07, 6.45) is 3.57. The van der Waals surface area contributed by atoms with Gasteiger partial charge in [-0.25, -0.2) is 9.54 Å². The molecule has 5 aromatic carbocycles. The van der Waals surface area contributed by atoms with Crippen LogP contribution in [-0.4, -0.2) is 18.8 Å². The average molecular weight is 594 g/mol. The van der Waals surface area contributed by atoms with Crippen LogP contribution in [0.25, 0.3) is 6.08 Å². The predicted octanol–water partition coefficient (Wildman–Crippen LogP) is 7.70. The van der Waals surface area contributed by atoms with Crippen molar-refractivity contribution in [3.05, 3.63) is 161 Å². The lowest BCUT2D eigenvalue weighted by atomic mass is 10.1. The SMILES string of the molecule is CCOC(=O)/C(=C/c1cc(N=Cc2ccc(C#N)cc2)ccc1C)N=P(c1ccccc1)(c1ccccc1)c1ccccc1. The molecule has 0 N–H and O–H groups in total. The summed E-state index contributed by atoms with van der Waals surface area (Å²) in [5, 5.41) is 12.2. The quantitative estimate of drug-likeness (QED) is 0.0761. The molecule has 0 fully saturated rings. The topological polar surface area (TPSA) is 74.8 Å². The van der Waals surface area contributed by atoms with Crippen molar-refractivity contribution in [2.45, 2.75) is 13.8 Å². The summed E-state index contributed by atoms with van der Waals surface area (Å²) >= 11 is 0. The van der Waals surface area contributed by atoms with E-state index in [-0.39, 0.29) is 12.3 Å². The Kier molecular flexibility index (Phi) is 9.77. The zero-order chi connectivity index (χ0) is 30.8. The molecule has 0 aliphatic carbocycles. The van der Waals surface area contributed by atoms with E-state index >= 15 is 0 Å². The molecule has 0 amide bonds. The van der Waals surface area contributed by atoms with E-state index in [0.29, 0.717) is 5.56 Å². The van der Waals surface area contributed by atoms with Gasteiger partial charge in [0.25, 0.3) is 0 Å². The number of rotatable bonds is 9. The smallest absolute Gasteiger partial charge is 0.356 e. The molecule has 5 aromatic rings. The second-order valence-electron chi connectivity index (χ2n) is 10.0. The number of hydrogen-bond acceptors (Lipinski definition) is 5. The Morgan fingerprint density at radius 3 is 1.84 bits per heavy atom. The van der Waals surface area contributed by atoms with Gasteiger partial charge in [0.15, 0.2) is 0 Å². The Morgan fingerprint density at radius 1 is 0.795 bits per heavy atom. The molecule has 0 unspecified atom stereocenters. The Bertz CT molecular complexity index is 1790. The molecule has 0 saturated carbocycles. The maximum Gasteiger partial charge on any atom is 0.356 e. The van der Waals surface area contributed by atoms with Gasteiger partial charge < -0.3 is 4.74 Å². The normalized spacial score (nSPS) is 11.6. The van der Waals surface area contributed by atoms with E-state index in [4.69, 9.17) is 14.7 Å². The monoisotopic (exact) mass is 593 g/mol. The molecule has 0 aliphatic rings. The zero-order valence-electron chi connectivity index (χ0n) is 24.7. The highest BCUT2D eigenvalue weighted by Gasteiger charge is 2.29. The van der Waals surface area contributed by atoms with Crippen molar-refractivity contribution < 1.29 is 9.53 Å². The maximum absolute atomic E-state index is 13.7. The van der Waals surface area contributed by atoms with Gasteiger partial charge in [0.1, 0.15) is 5.70 Å². The third-order valence-corrected chi connectivity index (χ3v) is 10.7. The van der Waals surface area contributed by atoms with Gasteiger partial charge in [-0.05, 0) is 60.9 Å². The molecule has 5 rings (SSSR count). The first-order valence-corrected chi connectivity index (χ1v) is 16.1. The molecule has 0 atom stereocenters. The van der Waals surface area contributed by atoms with Gasteiger partial charge in [-0.2, -0.15) is 5.26 Å². The molecular weight excluding hydrogens is 561 g/mol. The van der Waals surface area contributed by atoms with Gasteiger partial charge in [0, 0.05) is 22.1 Å². The molecular formula is C38H32N3O2P. The number of carbonyl (C=O) groups is 1. The van der Waals surface area contributed by atoms with Crippen molar-refractivity contribution in [1.29, 1.82) is 5.26 Å². The van der Waals surface area contributed by atoms with Crippen LogP contribution in [0.5, 0.6) is 0 Å². The molecule has 0 bridgehead atoms. The average Bonchev–Trinajstić information content (AvgIpc) is 3.08. The van der Waals surface area contributed by atoms with Gasteiger partial charge in [0.05, 0.1) is 31.0 Å². The van der Waals surface area contributed by atoms with Crippen molar-refractivity contribution in [2.75, 3.05) is 6.61 Å². The minimum atomic E-state index is -2.71. The molecule has 0 spiro atoms. The molecule has 5 nitrogen and oxygen atoms in total. The summed E-state index contributed by atoms with van der Waals surface area (Å²) in [5.41, 5.74) is 4.24. The number of aliphatic imine (C=N–C) groups is 1. The highest BCUT2D eigenvalue weighted by Crippen LogP contribution is 2.48. The predicted molar refractivity (Wildman–Crippen MR) is 182 cm³/mol. The maximum atomic E-state index is 13.7. The van der Waals surface area contributed by atoms with E-state index in [1.54, 1.807) is 25.3 Å². The molecule has 216 valence electrons. The van der Waals surface area contributed by atoms with Crippen molar-refractivity contribution in [3.8, 4) is 6.07 Å². The number of nitriles is 1. The number of hydrogen-bond donors (Lipinski definition) is 0. The minimum absolute atomic E-state index is 0.229. The molecule has 0 heterocycles. The summed E-state index contributed by atoms with van der Waals surface area (Å²) < 4.78 is 11.0. The van der Waals surface area contributed by atoms with Gasteiger partial charge in [-0.3, -0.25) is 4.99 Å². The number of esters is 1. The fraction of sp³-hybridized carbons (Fsp3) is 0.0789. The summed E-state index contributed by atoms with van der Waals surface area (Å²) in [6, 6.07) is 45.8. The fourth-order valence-electron chi connectivity index (χ4n) is 4.85. The highest BCUT2D eigenvalue weighted by molar-refractivity contribution is 7.87. The van der Waals surface area contributed by atoms with Crippen LogP contribution in [0.1, 0.15) is 29.2 Å². The Balaban J connectivity index is 1.72. The zero-order valence-corrected chi connectivity index (χ0v) is 25.6. The van der Waals surface area contributed by atoms with E-state index in [2.05, 4.69) is 47.5 Å². The molecule has 0 aromatic heterocycles. The summed E-state index contributed by atoms with van der Waals surface area (Å²) in [5.74, 6) is -0.481. The molecule has 6 heteroatoms. The summed E-state index contributed by atoms with van der Waals surface area (Å²) in [7, 11) is -2.71. The number of aryl methyl sites for hydroxylation is 1. The molecule has 0 aliphatic heterocycles. The van der Waals surface area contributed by atoms with E-state index < -0.39 is 13.0 Å². The summed E-state index contributed by atoms with van der Waals surface area (Å²) in [4.78, 5) is 18.3. The van der Waals surface area contributed by atoms with E-state index in [1.807, 2.05) is 97.9 Å². The Labute approximate surface area is 258 Å². The van der Waals surface area contributed by atoms with E-state index in [9.17, 15) is 4.79 Å². The lowest BCUT2D eigenvalue weighted by Crippen LogP contribution is -2.26. The van der Waals surface area contributed by atoms with Crippen molar-refractivity contribution in [2.24, 2.45) is 9.74 Å². The van der Waals surface area contributed by atoms with Crippen LogP contribution in [-0.2, 0) is 9.53 Å². The second kappa shape index (κ2) is 14.2. The van der Waals surface area contributed by atoms with Crippen LogP contribution < -0.4 is 15.9 Å². The van der Waals surface area contributed by atoms with E-state index in [1.165, 1.54) is 0 Å². The van der Waals surface area contributed by atoms with Crippen LogP contribution >= 0.6 is 7.05 Å². The van der Waals surface area contributed by atoms with Crippen LogP contribution in [0.3, 0.4) is 0 Å². The first-order chi connectivity index (χ1) is 21.5. The molecule has 0 saturated heterocycles. The van der Waals surface area contributed by atoms with Crippen molar-refractivity contribution in [3.63, 3.8) is 0 Å². The Morgan fingerprint density at radius 2 is 1.34 bits per heavy atom. The van der Waals surface area contributed by atoms with Crippen molar-refractivity contribution in [1.82, 2.24) is 0 Å². The number of carbonyl (C=O) groups excluding carboxylic acids is 1. The first-order valence-electron chi connectivity index (χ1n) is 14.4. The molecule has 0 radical (unpaired) electrons. The van der Waals surface area contributed by atoms with Gasteiger partial charge >= 0.3 is 5.97 Å². The van der Waals surface area contributed by atoms with Gasteiger partial charge in [0.2, 0.25) is 0 Å². The van der Waals surface area contributed by atoms with E-state index in [0.717, 1.165) is 38.3 Å². The third-order valence-electron chi connectivity index (χ3n) is 7.09. The van der Waals surface area contributed by atoms with Crippen LogP contribution in [0.2, 0.25) is 0 Å². The minimum Gasteiger partial charge on any atom is -0.461 e. The largest absolute Gasteiger partial charge is 0.461 e. The highest BCUT2D eigenvalue weighted by atomic mass is 31.2. The third kappa shape index (κ3) is 6.84. The standard InChI is InChI=1S/C38H32N3O2P/c1-3-43-38(42)37(26-32-25-33(24-19-29(32)2)40-28-31-22-20-30(27-39)21-23-31)41-44(34-13-7-4-8-14-34,35-15-9-5-10-16-35)36-17-11-6-12-18-36/h4-26,28H,3H2,1-2H3/b37-26-,40-28?. The Hall–Kier alpha value is -5.30. The number of nitrogens with zero attached hydrogens (tertiary/aromatic N) is 3. The van der Waals surface area contributed by atoms with Crippen LogP contribution in [0.15, 0.2) is 149 Å². The first kappa shape index (κ1) is 30.2. The molecule has 44 heavy (non-hydrogen) atoms. The lowest BCUT2D eigenvalue weighted by molar-refractivity contribution is -0.138. The summed E-state index contributed by atoms with van der Waals surface area (Å²) in [6.45, 7) is 4.02.